The van der Waals surface area contributed by atoms with Gasteiger partial charge in [0, 0.05) is 18.5 Å². The highest BCUT2D eigenvalue weighted by Crippen LogP contribution is 2.21. The fraction of sp³-hybridized carbons (Fsp3) is 0.261. The predicted octanol–water partition coefficient (Wildman–Crippen LogP) is 1.92. The molecule has 1 aliphatic heterocycles. The van der Waals surface area contributed by atoms with Crippen LogP contribution in [0.3, 0.4) is 0 Å². The third kappa shape index (κ3) is 3.96. The lowest BCUT2D eigenvalue weighted by Gasteiger charge is -2.24. The van der Waals surface area contributed by atoms with E-state index in [1.807, 2.05) is 19.1 Å². The van der Waals surface area contributed by atoms with Crippen LogP contribution in [0.5, 0.6) is 0 Å². The summed E-state index contributed by atoms with van der Waals surface area (Å²) in [4.78, 5) is 54.3. The maximum Gasteiger partial charge on any atom is 0.262 e. The largest absolute Gasteiger partial charge is 0.348 e. The number of piperidine rings is 1. The second-order valence-electron chi connectivity index (χ2n) is 7.66. The number of nitrogens with one attached hydrogen (secondary N) is 2. The molecule has 0 saturated carbocycles. The molecule has 2 N–H and O–H groups in total. The first kappa shape index (κ1) is 20.5. The van der Waals surface area contributed by atoms with Crippen molar-refractivity contribution in [1.29, 1.82) is 0 Å². The molecule has 31 heavy (non-hydrogen) atoms. The molecule has 4 rings (SSSR count). The number of hydrogen-bond acceptors (Lipinski definition) is 5. The minimum atomic E-state index is -0.794. The topological polar surface area (TPSA) is 110 Å². The van der Waals surface area contributed by atoms with Gasteiger partial charge in [0.2, 0.25) is 11.8 Å². The van der Waals surface area contributed by atoms with Crippen LogP contribution in [-0.2, 0) is 16.1 Å². The predicted molar refractivity (Wildman–Crippen MR) is 115 cm³/mol. The molecule has 2 heterocycles. The summed E-state index contributed by atoms with van der Waals surface area (Å²) in [5.74, 6) is -0.702. The maximum absolute atomic E-state index is 13.4. The van der Waals surface area contributed by atoms with Crippen molar-refractivity contribution < 1.29 is 14.4 Å². The first-order valence-corrected chi connectivity index (χ1v) is 10.0. The van der Waals surface area contributed by atoms with E-state index in [0.717, 1.165) is 5.56 Å². The summed E-state index contributed by atoms with van der Waals surface area (Å²) in [5, 5.41) is 5.49. The van der Waals surface area contributed by atoms with E-state index in [1.54, 1.807) is 37.3 Å². The fourth-order valence-corrected chi connectivity index (χ4v) is 3.93. The number of aryl methyl sites for hydroxylation is 2. The number of fused-ring (bicyclic) bond motifs is 1. The van der Waals surface area contributed by atoms with Gasteiger partial charge in [-0.15, -0.1) is 0 Å². The average molecular weight is 418 g/mol. The van der Waals surface area contributed by atoms with Gasteiger partial charge < -0.3 is 5.32 Å². The lowest BCUT2D eigenvalue weighted by atomic mass is 10.0. The van der Waals surface area contributed by atoms with Gasteiger partial charge in [-0.05, 0) is 44.0 Å². The molecule has 1 aromatic heterocycles. The number of amides is 3. The van der Waals surface area contributed by atoms with Gasteiger partial charge in [-0.1, -0.05) is 29.8 Å². The zero-order valence-electron chi connectivity index (χ0n) is 17.3. The number of rotatable bonds is 4. The van der Waals surface area contributed by atoms with Gasteiger partial charge in [0.25, 0.3) is 11.5 Å². The molecule has 1 saturated heterocycles. The number of nitrogens with zero attached hydrogens (tertiary/aromatic N) is 2. The van der Waals surface area contributed by atoms with Gasteiger partial charge in [-0.3, -0.25) is 29.1 Å². The summed E-state index contributed by atoms with van der Waals surface area (Å²) in [7, 11) is 0. The number of hydrogen-bond donors (Lipinski definition) is 2. The van der Waals surface area contributed by atoms with Gasteiger partial charge in [0.15, 0.2) is 0 Å². The minimum Gasteiger partial charge on any atom is -0.348 e. The number of imide groups is 1. The molecule has 0 radical (unpaired) electrons. The molecule has 1 atom stereocenters. The summed E-state index contributed by atoms with van der Waals surface area (Å²) in [5.41, 5.74) is 2.25. The zero-order chi connectivity index (χ0) is 22.1. The van der Waals surface area contributed by atoms with Crippen molar-refractivity contribution >= 4 is 28.6 Å². The van der Waals surface area contributed by atoms with Gasteiger partial charge >= 0.3 is 0 Å². The van der Waals surface area contributed by atoms with E-state index in [2.05, 4.69) is 15.6 Å². The van der Waals surface area contributed by atoms with Crippen molar-refractivity contribution in [3.05, 3.63) is 75.3 Å². The van der Waals surface area contributed by atoms with Crippen LogP contribution in [-0.4, -0.2) is 27.3 Å². The third-order valence-corrected chi connectivity index (χ3v) is 5.43. The molecule has 0 spiro atoms. The van der Waals surface area contributed by atoms with Crippen molar-refractivity contribution in [1.82, 2.24) is 20.2 Å². The molecule has 1 fully saturated rings. The zero-order valence-corrected chi connectivity index (χ0v) is 17.3. The summed E-state index contributed by atoms with van der Waals surface area (Å²) in [6.45, 7) is 3.71. The molecular formula is C23H22N4O4. The van der Waals surface area contributed by atoms with Gasteiger partial charge in [-0.2, -0.15) is 0 Å². The average Bonchev–Trinajstić information content (AvgIpc) is 2.73. The molecule has 3 aromatic rings. The van der Waals surface area contributed by atoms with Crippen LogP contribution in [0.1, 0.15) is 46.2 Å². The highest BCUT2D eigenvalue weighted by atomic mass is 16.2. The monoisotopic (exact) mass is 418 g/mol. The molecular weight excluding hydrogens is 396 g/mol. The molecule has 1 unspecified atom stereocenters. The Morgan fingerprint density at radius 2 is 1.94 bits per heavy atom. The normalized spacial score (nSPS) is 16.3. The Balaban J connectivity index is 1.70. The van der Waals surface area contributed by atoms with Gasteiger partial charge in [-0.25, -0.2) is 4.98 Å². The van der Waals surface area contributed by atoms with E-state index in [4.69, 9.17) is 0 Å². The quantitative estimate of drug-likeness (QED) is 0.629. The number of benzene rings is 2. The molecule has 8 nitrogen and oxygen atoms in total. The first-order valence-electron chi connectivity index (χ1n) is 10.0. The standard InChI is InChI=1S/C23H22N4O4/c1-13-5-3-6-15(11-13)21(29)24-12-16-7-4-8-17-20(16)23(31)27(14(2)25-17)18-9-10-19(28)26-22(18)30/h3-8,11,18H,9-10,12H2,1-2H3,(H,24,29)(H,26,28,30). The van der Waals surface area contributed by atoms with E-state index in [1.165, 1.54) is 4.57 Å². The van der Waals surface area contributed by atoms with Crippen molar-refractivity contribution in [2.75, 3.05) is 0 Å². The number of carbonyl (C=O) groups excluding carboxylic acids is 3. The molecule has 2 aromatic carbocycles. The first-order chi connectivity index (χ1) is 14.8. The molecule has 0 aliphatic carbocycles. The van der Waals surface area contributed by atoms with E-state index in [0.29, 0.717) is 27.9 Å². The van der Waals surface area contributed by atoms with Crippen molar-refractivity contribution in [2.24, 2.45) is 0 Å². The fourth-order valence-electron chi connectivity index (χ4n) is 3.93. The second kappa shape index (κ2) is 8.14. The van der Waals surface area contributed by atoms with Crippen LogP contribution in [0.25, 0.3) is 10.9 Å². The Morgan fingerprint density at radius 1 is 1.16 bits per heavy atom. The van der Waals surface area contributed by atoms with E-state index < -0.39 is 11.9 Å². The van der Waals surface area contributed by atoms with Crippen LogP contribution in [0.15, 0.2) is 47.3 Å². The molecule has 8 heteroatoms. The van der Waals surface area contributed by atoms with E-state index in [9.17, 15) is 19.2 Å². The molecule has 158 valence electrons. The Morgan fingerprint density at radius 3 is 2.68 bits per heavy atom. The SMILES string of the molecule is Cc1cccc(C(=O)NCc2cccc3nc(C)n(C4CCC(=O)NC4=O)c(=O)c23)c1. The highest BCUT2D eigenvalue weighted by Gasteiger charge is 2.30. The molecule has 3 amide bonds. The molecule has 1 aliphatic rings. The van der Waals surface area contributed by atoms with Crippen LogP contribution in [0.2, 0.25) is 0 Å². The summed E-state index contributed by atoms with van der Waals surface area (Å²) in [6, 6.07) is 11.7. The van der Waals surface area contributed by atoms with Crippen molar-refractivity contribution in [2.45, 2.75) is 39.3 Å². The Bertz CT molecular complexity index is 1280. The Hall–Kier alpha value is -3.81. The van der Waals surface area contributed by atoms with E-state index in [-0.39, 0.29) is 36.8 Å². The van der Waals surface area contributed by atoms with Crippen molar-refractivity contribution in [3.8, 4) is 0 Å². The number of carbonyl (C=O) groups is 3. The van der Waals surface area contributed by atoms with Gasteiger partial charge in [0.1, 0.15) is 11.9 Å². The highest BCUT2D eigenvalue weighted by molar-refractivity contribution is 5.99. The summed E-state index contributed by atoms with van der Waals surface area (Å²) < 4.78 is 1.34. The summed E-state index contributed by atoms with van der Waals surface area (Å²) >= 11 is 0. The minimum absolute atomic E-state index is 0.138. The Labute approximate surface area is 178 Å². The Kier molecular flexibility index (Phi) is 5.37. The maximum atomic E-state index is 13.4. The van der Waals surface area contributed by atoms with E-state index >= 15 is 0 Å². The lowest BCUT2D eigenvalue weighted by Crippen LogP contribution is -2.45. The van der Waals surface area contributed by atoms with Crippen molar-refractivity contribution in [3.63, 3.8) is 0 Å². The second-order valence-corrected chi connectivity index (χ2v) is 7.66. The smallest absolute Gasteiger partial charge is 0.262 e. The van der Waals surface area contributed by atoms with Crippen LogP contribution < -0.4 is 16.2 Å². The van der Waals surface area contributed by atoms with Crippen LogP contribution in [0, 0.1) is 13.8 Å². The van der Waals surface area contributed by atoms with Gasteiger partial charge in [0.05, 0.1) is 10.9 Å². The van der Waals surface area contributed by atoms with Crippen LogP contribution in [0.4, 0.5) is 0 Å². The van der Waals surface area contributed by atoms with Crippen LogP contribution >= 0.6 is 0 Å². The lowest BCUT2D eigenvalue weighted by molar-refractivity contribution is -0.135. The molecule has 0 bridgehead atoms. The number of aromatic nitrogens is 2. The summed E-state index contributed by atoms with van der Waals surface area (Å²) in [6.07, 6.45) is 0.402. The third-order valence-electron chi connectivity index (χ3n) is 5.43.